The number of halogens is 2. The average Bonchev–Trinajstić information content (AvgIpc) is 3.16. The van der Waals surface area contributed by atoms with E-state index >= 15 is 0 Å². The van der Waals surface area contributed by atoms with Crippen LogP contribution in [0.3, 0.4) is 0 Å². The molecule has 2 nitrogen and oxygen atoms in total. The molecule has 5 heteroatoms. The first-order chi connectivity index (χ1) is 9.60. The number of carbonyl (C=O) groups is 1. The maximum Gasteiger partial charge on any atom is 0.175 e. The zero-order valence-electron chi connectivity index (χ0n) is 10.8. The molecule has 3 rings (SSSR count). The monoisotopic (exact) mass is 414 g/mol. The van der Waals surface area contributed by atoms with Crippen molar-refractivity contribution in [2.24, 2.45) is 5.92 Å². The van der Waals surface area contributed by atoms with Crippen LogP contribution in [-0.2, 0) is 0 Å². The highest BCUT2D eigenvalue weighted by atomic mass is 79.9. The Bertz CT molecular complexity index is 675. The first-order valence-electron chi connectivity index (χ1n) is 6.27. The van der Waals surface area contributed by atoms with Crippen LogP contribution < -0.4 is 4.74 Å². The largest absolute Gasteiger partial charge is 0.496 e. The Labute approximate surface area is 138 Å². The number of hydrogen-bond acceptors (Lipinski definition) is 3. The van der Waals surface area contributed by atoms with E-state index < -0.39 is 0 Å². The maximum atomic E-state index is 12.1. The van der Waals surface area contributed by atoms with Crippen LogP contribution in [0.1, 0.15) is 22.5 Å². The van der Waals surface area contributed by atoms with E-state index in [1.54, 1.807) is 18.4 Å². The van der Waals surface area contributed by atoms with E-state index in [1.807, 2.05) is 24.3 Å². The van der Waals surface area contributed by atoms with Gasteiger partial charge in [0.1, 0.15) is 5.75 Å². The number of methoxy groups -OCH3 is 1. The van der Waals surface area contributed by atoms with Gasteiger partial charge in [-0.1, -0.05) is 15.9 Å². The van der Waals surface area contributed by atoms with Crippen LogP contribution in [0.5, 0.6) is 5.75 Å². The standard InChI is InChI=1S/C15H12Br2O2S/c1-19-12-6-9(10(16)7-11(12)17)13-4-5-14(20-13)15(18)8-2-3-8/h4-8H,2-3H2,1H3. The molecule has 1 heterocycles. The number of carbonyl (C=O) groups excluding carboxylic acids is 1. The summed E-state index contributed by atoms with van der Waals surface area (Å²) in [5, 5.41) is 0. The molecule has 1 aromatic carbocycles. The van der Waals surface area contributed by atoms with Crippen molar-refractivity contribution in [3.8, 4) is 16.2 Å². The van der Waals surface area contributed by atoms with Gasteiger partial charge in [0.25, 0.3) is 0 Å². The summed E-state index contributed by atoms with van der Waals surface area (Å²) >= 11 is 8.59. The van der Waals surface area contributed by atoms with Gasteiger partial charge in [0.2, 0.25) is 0 Å². The van der Waals surface area contributed by atoms with Gasteiger partial charge in [-0.05, 0) is 53.0 Å². The average molecular weight is 416 g/mol. The normalized spacial score (nSPS) is 14.3. The molecule has 0 saturated heterocycles. The Balaban J connectivity index is 1.98. The van der Waals surface area contributed by atoms with Crippen molar-refractivity contribution < 1.29 is 9.53 Å². The third-order valence-electron chi connectivity index (χ3n) is 3.30. The minimum atomic E-state index is 0.268. The Morgan fingerprint density at radius 3 is 2.65 bits per heavy atom. The van der Waals surface area contributed by atoms with Crippen molar-refractivity contribution in [1.82, 2.24) is 0 Å². The van der Waals surface area contributed by atoms with Crippen molar-refractivity contribution in [1.29, 1.82) is 0 Å². The molecule has 0 N–H and O–H groups in total. The van der Waals surface area contributed by atoms with Crippen molar-refractivity contribution >= 4 is 49.0 Å². The van der Waals surface area contributed by atoms with Gasteiger partial charge >= 0.3 is 0 Å². The predicted molar refractivity (Wildman–Crippen MR) is 88.8 cm³/mol. The summed E-state index contributed by atoms with van der Waals surface area (Å²) in [4.78, 5) is 14.0. The van der Waals surface area contributed by atoms with E-state index in [0.29, 0.717) is 5.78 Å². The van der Waals surface area contributed by atoms with Crippen molar-refractivity contribution in [2.45, 2.75) is 12.8 Å². The number of hydrogen-bond donors (Lipinski definition) is 0. The van der Waals surface area contributed by atoms with Crippen LogP contribution in [0.15, 0.2) is 33.2 Å². The fourth-order valence-electron chi connectivity index (χ4n) is 2.04. The van der Waals surface area contributed by atoms with Crippen molar-refractivity contribution in [3.05, 3.63) is 38.1 Å². The second-order valence-electron chi connectivity index (χ2n) is 4.77. The lowest BCUT2D eigenvalue weighted by Crippen LogP contribution is -1.96. The van der Waals surface area contributed by atoms with E-state index in [-0.39, 0.29) is 5.92 Å². The molecule has 1 fully saturated rings. The summed E-state index contributed by atoms with van der Waals surface area (Å²) in [5.74, 6) is 1.34. The first-order valence-corrected chi connectivity index (χ1v) is 8.68. The van der Waals surface area contributed by atoms with Gasteiger partial charge in [0.05, 0.1) is 16.5 Å². The molecule has 0 unspecified atom stereocenters. The third-order valence-corrected chi connectivity index (χ3v) is 5.71. The number of Topliss-reactive ketones (excluding diaryl/α,β-unsaturated/α-hetero) is 1. The van der Waals surface area contributed by atoms with Gasteiger partial charge in [-0.25, -0.2) is 0 Å². The van der Waals surface area contributed by atoms with E-state index in [4.69, 9.17) is 4.74 Å². The molecule has 20 heavy (non-hydrogen) atoms. The highest BCUT2D eigenvalue weighted by Crippen LogP contribution is 2.41. The summed E-state index contributed by atoms with van der Waals surface area (Å²) in [6.45, 7) is 0. The zero-order chi connectivity index (χ0) is 14.3. The van der Waals surface area contributed by atoms with Gasteiger partial charge < -0.3 is 4.74 Å². The Hall–Kier alpha value is -0.650. The minimum Gasteiger partial charge on any atom is -0.496 e. The summed E-state index contributed by atoms with van der Waals surface area (Å²) in [5.41, 5.74) is 1.05. The SMILES string of the molecule is COc1cc(-c2ccc(C(=O)C3CC3)s2)c(Br)cc1Br. The van der Waals surface area contributed by atoms with Crippen LogP contribution in [0.4, 0.5) is 0 Å². The molecule has 1 aliphatic carbocycles. The highest BCUT2D eigenvalue weighted by Gasteiger charge is 2.31. The first kappa shape index (κ1) is 14.3. The molecule has 1 aliphatic rings. The summed E-state index contributed by atoms with van der Waals surface area (Å²) in [7, 11) is 1.65. The Morgan fingerprint density at radius 2 is 2.00 bits per heavy atom. The molecule has 104 valence electrons. The fourth-order valence-corrected chi connectivity index (χ4v) is 4.59. The lowest BCUT2D eigenvalue weighted by Gasteiger charge is -2.08. The number of ether oxygens (including phenoxy) is 1. The molecular weight excluding hydrogens is 404 g/mol. The summed E-state index contributed by atoms with van der Waals surface area (Å²) in [6, 6.07) is 7.89. The molecule has 0 radical (unpaired) electrons. The minimum absolute atomic E-state index is 0.268. The molecular formula is C15H12Br2O2S. The number of ketones is 1. The van der Waals surface area contributed by atoms with E-state index in [0.717, 1.165) is 42.9 Å². The molecule has 0 atom stereocenters. The molecule has 1 aromatic heterocycles. The second kappa shape index (κ2) is 5.62. The van der Waals surface area contributed by atoms with Crippen LogP contribution in [0.25, 0.3) is 10.4 Å². The van der Waals surface area contributed by atoms with Gasteiger partial charge in [-0.2, -0.15) is 0 Å². The topological polar surface area (TPSA) is 26.3 Å². The van der Waals surface area contributed by atoms with E-state index in [9.17, 15) is 4.79 Å². The number of thiophene rings is 1. The Kier molecular flexibility index (Phi) is 4.02. The van der Waals surface area contributed by atoms with Gasteiger partial charge in [0.15, 0.2) is 5.78 Å². The van der Waals surface area contributed by atoms with Gasteiger partial charge in [-0.15, -0.1) is 11.3 Å². The maximum absolute atomic E-state index is 12.1. The van der Waals surface area contributed by atoms with Crippen molar-refractivity contribution in [2.75, 3.05) is 7.11 Å². The van der Waals surface area contributed by atoms with Crippen LogP contribution in [-0.4, -0.2) is 12.9 Å². The molecule has 0 bridgehead atoms. The van der Waals surface area contributed by atoms with Crippen LogP contribution in [0.2, 0.25) is 0 Å². The second-order valence-corrected chi connectivity index (χ2v) is 7.56. The summed E-state index contributed by atoms with van der Waals surface area (Å²) in [6.07, 6.45) is 2.09. The number of rotatable bonds is 4. The lowest BCUT2D eigenvalue weighted by atomic mass is 10.1. The van der Waals surface area contributed by atoms with Gasteiger partial charge in [-0.3, -0.25) is 4.79 Å². The van der Waals surface area contributed by atoms with E-state index in [1.165, 1.54) is 0 Å². The molecule has 0 aliphatic heterocycles. The summed E-state index contributed by atoms with van der Waals surface area (Å²) < 4.78 is 7.22. The zero-order valence-corrected chi connectivity index (χ0v) is 14.8. The fraction of sp³-hybridized carbons (Fsp3) is 0.267. The highest BCUT2D eigenvalue weighted by molar-refractivity contribution is 9.11. The quantitative estimate of drug-likeness (QED) is 0.612. The Morgan fingerprint density at radius 1 is 1.25 bits per heavy atom. The molecule has 1 saturated carbocycles. The molecule has 0 spiro atoms. The van der Waals surface area contributed by atoms with E-state index in [2.05, 4.69) is 31.9 Å². The predicted octanol–water partition coefficient (Wildman–Crippen LogP) is 5.54. The lowest BCUT2D eigenvalue weighted by molar-refractivity contribution is 0.0971. The third kappa shape index (κ3) is 2.71. The molecule has 2 aromatic rings. The van der Waals surface area contributed by atoms with Crippen LogP contribution >= 0.6 is 43.2 Å². The van der Waals surface area contributed by atoms with Gasteiger partial charge in [0, 0.05) is 20.8 Å². The molecule has 0 amide bonds. The smallest absolute Gasteiger partial charge is 0.175 e. The number of benzene rings is 1. The van der Waals surface area contributed by atoms with Crippen LogP contribution in [0, 0.1) is 5.92 Å². The van der Waals surface area contributed by atoms with Crippen molar-refractivity contribution in [3.63, 3.8) is 0 Å².